The second-order valence-corrected chi connectivity index (χ2v) is 10.6. The molecule has 166 valence electrons. The number of aromatic nitrogens is 1. The average molecular weight is 468 g/mol. The van der Waals surface area contributed by atoms with Crippen molar-refractivity contribution in [3.05, 3.63) is 64.2 Å². The maximum atomic E-state index is 12.9. The van der Waals surface area contributed by atoms with E-state index in [1.54, 1.807) is 24.3 Å². The fourth-order valence-electron chi connectivity index (χ4n) is 4.13. The van der Waals surface area contributed by atoms with Gasteiger partial charge in [0, 0.05) is 5.56 Å². The number of aryl methyl sites for hydroxylation is 1. The summed E-state index contributed by atoms with van der Waals surface area (Å²) in [5.74, 6) is -0.0786. The molecule has 0 unspecified atom stereocenters. The number of benzene rings is 2. The Bertz CT molecular complexity index is 1240. The molecule has 2 N–H and O–H groups in total. The molecular weight excluding hydrogens is 442 g/mol. The Labute approximate surface area is 196 Å². The molecule has 1 aliphatic rings. The first-order valence-electron chi connectivity index (χ1n) is 10.5. The van der Waals surface area contributed by atoms with Crippen LogP contribution >= 0.6 is 22.9 Å². The third kappa shape index (κ3) is 4.30. The Hall–Kier alpha value is -2.70. The lowest BCUT2D eigenvalue weighted by molar-refractivity contribution is -0.118. The molecule has 1 saturated carbocycles. The smallest absolute Gasteiger partial charge is 0.255 e. The topological polar surface area (TPSA) is 71.1 Å². The number of fused-ring (bicyclic) bond motifs is 1. The highest BCUT2D eigenvalue weighted by atomic mass is 35.5. The standard InChI is InChI=1S/C25H26ClN3O2S/c1-13(2)11-16-20(25(16,4)5)23(31)29-24-27-18-10-9-15(12-19(18)32-24)22(30)28-21-14(3)7-6-8-17(21)26/h6-12,16,20H,1-5H3,(H,28,30)(H,27,29,31)/t16-,20-/m1/s1. The number of allylic oxidation sites excluding steroid dienone is 2. The molecule has 0 aliphatic heterocycles. The second-order valence-electron chi connectivity index (χ2n) is 9.15. The number of nitrogens with zero attached hydrogens (tertiary/aromatic N) is 1. The molecule has 7 heteroatoms. The maximum Gasteiger partial charge on any atom is 0.255 e. The van der Waals surface area contributed by atoms with Crippen LogP contribution in [0.25, 0.3) is 10.2 Å². The Morgan fingerprint density at radius 1 is 1.16 bits per heavy atom. The van der Waals surface area contributed by atoms with Gasteiger partial charge in [-0.2, -0.15) is 0 Å². The first-order valence-corrected chi connectivity index (χ1v) is 11.7. The average Bonchev–Trinajstić information content (AvgIpc) is 3.04. The Balaban J connectivity index is 1.50. The molecule has 32 heavy (non-hydrogen) atoms. The summed E-state index contributed by atoms with van der Waals surface area (Å²) in [6, 6.07) is 10.8. The maximum absolute atomic E-state index is 12.9. The van der Waals surface area contributed by atoms with Crippen LogP contribution in [0.4, 0.5) is 10.8 Å². The second kappa shape index (κ2) is 8.34. The van der Waals surface area contributed by atoms with Gasteiger partial charge in [0.25, 0.3) is 5.91 Å². The minimum absolute atomic E-state index is 0.0104. The van der Waals surface area contributed by atoms with E-state index in [0.717, 1.165) is 15.8 Å². The van der Waals surface area contributed by atoms with Gasteiger partial charge in [0.2, 0.25) is 5.91 Å². The van der Waals surface area contributed by atoms with Crippen LogP contribution in [0, 0.1) is 24.2 Å². The van der Waals surface area contributed by atoms with Gasteiger partial charge < -0.3 is 10.6 Å². The summed E-state index contributed by atoms with van der Waals surface area (Å²) in [6.07, 6.45) is 2.17. The van der Waals surface area contributed by atoms with Crippen molar-refractivity contribution in [2.45, 2.75) is 34.6 Å². The molecule has 0 spiro atoms. The van der Waals surface area contributed by atoms with E-state index >= 15 is 0 Å². The zero-order chi connectivity index (χ0) is 23.2. The molecular formula is C25H26ClN3O2S. The molecule has 4 rings (SSSR count). The normalized spacial score (nSPS) is 18.8. The van der Waals surface area contributed by atoms with Crippen LogP contribution in [-0.2, 0) is 4.79 Å². The summed E-state index contributed by atoms with van der Waals surface area (Å²) in [5.41, 5.74) is 3.91. The van der Waals surface area contributed by atoms with E-state index in [2.05, 4.69) is 49.4 Å². The highest BCUT2D eigenvalue weighted by molar-refractivity contribution is 7.22. The lowest BCUT2D eigenvalue weighted by Gasteiger charge is -2.10. The lowest BCUT2D eigenvalue weighted by Crippen LogP contribution is -2.16. The molecule has 1 aromatic heterocycles. The van der Waals surface area contributed by atoms with E-state index in [0.29, 0.717) is 21.4 Å². The summed E-state index contributed by atoms with van der Waals surface area (Å²) >= 11 is 7.60. The molecule has 5 nitrogen and oxygen atoms in total. The van der Waals surface area contributed by atoms with Crippen LogP contribution in [0.2, 0.25) is 5.02 Å². The highest BCUT2D eigenvalue weighted by Crippen LogP contribution is 2.59. The Kier molecular flexibility index (Phi) is 5.86. The minimum Gasteiger partial charge on any atom is -0.320 e. The van der Waals surface area contributed by atoms with Crippen molar-refractivity contribution in [1.82, 2.24) is 4.98 Å². The highest BCUT2D eigenvalue weighted by Gasteiger charge is 2.60. The van der Waals surface area contributed by atoms with Crippen LogP contribution < -0.4 is 10.6 Å². The van der Waals surface area contributed by atoms with Crippen LogP contribution in [0.5, 0.6) is 0 Å². The van der Waals surface area contributed by atoms with Crippen molar-refractivity contribution < 1.29 is 9.59 Å². The van der Waals surface area contributed by atoms with Gasteiger partial charge in [-0.1, -0.05) is 60.6 Å². The zero-order valence-electron chi connectivity index (χ0n) is 18.7. The minimum atomic E-state index is -0.244. The third-order valence-electron chi connectivity index (χ3n) is 6.05. The lowest BCUT2D eigenvalue weighted by atomic mass is 10.1. The predicted octanol–water partition coefficient (Wildman–Crippen LogP) is 6.69. The van der Waals surface area contributed by atoms with Crippen LogP contribution in [0.1, 0.15) is 43.6 Å². The fraction of sp³-hybridized carbons (Fsp3) is 0.320. The zero-order valence-corrected chi connectivity index (χ0v) is 20.3. The number of nitrogens with one attached hydrogen (secondary N) is 2. The van der Waals surface area contributed by atoms with Crippen molar-refractivity contribution in [1.29, 1.82) is 0 Å². The fourth-order valence-corrected chi connectivity index (χ4v) is 5.30. The number of amides is 2. The van der Waals surface area contributed by atoms with Gasteiger partial charge in [0.15, 0.2) is 5.13 Å². The summed E-state index contributed by atoms with van der Waals surface area (Å²) in [6.45, 7) is 10.2. The third-order valence-corrected chi connectivity index (χ3v) is 7.30. The van der Waals surface area contributed by atoms with Crippen molar-refractivity contribution in [3.8, 4) is 0 Å². The number of hydrogen-bond acceptors (Lipinski definition) is 4. The van der Waals surface area contributed by atoms with Gasteiger partial charge in [0.05, 0.1) is 26.8 Å². The number of rotatable bonds is 5. The van der Waals surface area contributed by atoms with Gasteiger partial charge in [0.1, 0.15) is 0 Å². The van der Waals surface area contributed by atoms with Crippen LogP contribution in [0.15, 0.2) is 48.0 Å². The number of halogens is 1. The molecule has 1 aliphatic carbocycles. The van der Waals surface area contributed by atoms with Gasteiger partial charge >= 0.3 is 0 Å². The van der Waals surface area contributed by atoms with E-state index in [1.807, 2.05) is 19.1 Å². The summed E-state index contributed by atoms with van der Waals surface area (Å²) in [7, 11) is 0. The van der Waals surface area contributed by atoms with Crippen LogP contribution in [0.3, 0.4) is 0 Å². The molecule has 0 bridgehead atoms. The molecule has 1 fully saturated rings. The first kappa shape index (κ1) is 22.5. The van der Waals surface area contributed by atoms with Gasteiger partial charge in [-0.05, 0) is 61.9 Å². The number of carbonyl (C=O) groups excluding carboxylic acids is 2. The summed E-state index contributed by atoms with van der Waals surface area (Å²) in [4.78, 5) is 30.2. The molecule has 0 saturated heterocycles. The molecule has 0 radical (unpaired) electrons. The van der Waals surface area contributed by atoms with E-state index in [4.69, 9.17) is 11.6 Å². The van der Waals surface area contributed by atoms with Crippen molar-refractivity contribution in [2.75, 3.05) is 10.6 Å². The van der Waals surface area contributed by atoms with Gasteiger partial charge in [-0.15, -0.1) is 0 Å². The quantitative estimate of drug-likeness (QED) is 0.411. The molecule has 2 amide bonds. The van der Waals surface area contributed by atoms with E-state index in [9.17, 15) is 9.59 Å². The summed E-state index contributed by atoms with van der Waals surface area (Å²) < 4.78 is 0.833. The van der Waals surface area contributed by atoms with E-state index in [-0.39, 0.29) is 29.1 Å². The van der Waals surface area contributed by atoms with Gasteiger partial charge in [-0.3, -0.25) is 9.59 Å². The predicted molar refractivity (Wildman–Crippen MR) is 133 cm³/mol. The number of anilines is 2. The first-order chi connectivity index (χ1) is 15.1. The molecule has 2 atom stereocenters. The van der Waals surface area contributed by atoms with Crippen molar-refractivity contribution in [2.24, 2.45) is 17.3 Å². The van der Waals surface area contributed by atoms with E-state index in [1.165, 1.54) is 16.9 Å². The van der Waals surface area contributed by atoms with E-state index < -0.39 is 0 Å². The van der Waals surface area contributed by atoms with Crippen molar-refractivity contribution in [3.63, 3.8) is 0 Å². The van der Waals surface area contributed by atoms with Gasteiger partial charge in [-0.25, -0.2) is 4.98 Å². The Morgan fingerprint density at radius 2 is 1.91 bits per heavy atom. The molecule has 3 aromatic rings. The molecule has 2 aromatic carbocycles. The number of carbonyl (C=O) groups is 2. The number of hydrogen-bond donors (Lipinski definition) is 2. The largest absolute Gasteiger partial charge is 0.320 e. The van der Waals surface area contributed by atoms with Crippen LogP contribution in [-0.4, -0.2) is 16.8 Å². The monoisotopic (exact) mass is 467 g/mol. The SMILES string of the molecule is CC(C)=C[C@@H]1[C@H](C(=O)Nc2nc3ccc(C(=O)Nc4c(C)cccc4Cl)cc3s2)C1(C)C. The number of para-hydroxylation sites is 1. The number of thiazole rings is 1. The Morgan fingerprint density at radius 3 is 2.59 bits per heavy atom. The van der Waals surface area contributed by atoms with Crippen molar-refractivity contribution >= 4 is 55.8 Å². The molecule has 1 heterocycles. The summed E-state index contributed by atoms with van der Waals surface area (Å²) in [5, 5.41) is 6.91.